The molecule has 0 aromatic carbocycles. The average molecular weight is 233 g/mol. The van der Waals surface area contributed by atoms with Crippen molar-refractivity contribution < 1.29 is 9.00 Å². The van der Waals surface area contributed by atoms with Gasteiger partial charge in [0, 0.05) is 28.4 Å². The van der Waals surface area contributed by atoms with Gasteiger partial charge in [-0.25, -0.2) is 9.19 Å². The zero-order valence-corrected chi connectivity index (χ0v) is 9.30. The summed E-state index contributed by atoms with van der Waals surface area (Å²) in [7, 11) is -2.22. The predicted octanol–water partition coefficient (Wildman–Crippen LogP) is 1.82. The highest BCUT2D eigenvalue weighted by atomic mass is 35.5. The largest absolute Gasteiger partial charge is 0.276 e. The van der Waals surface area contributed by atoms with Crippen LogP contribution < -0.4 is 0 Å². The molecule has 14 heavy (non-hydrogen) atoms. The molecule has 6 heteroatoms. The summed E-state index contributed by atoms with van der Waals surface area (Å²) in [5.41, 5.74) is 0.296. The van der Waals surface area contributed by atoms with Crippen LogP contribution >= 0.6 is 11.6 Å². The zero-order valence-electron chi connectivity index (χ0n) is 7.73. The molecule has 0 unspecified atom stereocenters. The minimum Gasteiger partial charge on any atom is -0.276 e. The van der Waals surface area contributed by atoms with Crippen molar-refractivity contribution in [3.63, 3.8) is 0 Å². The van der Waals surface area contributed by atoms with Gasteiger partial charge in [0.1, 0.15) is 0 Å². The molecule has 0 N–H and O–H groups in total. The Morgan fingerprint density at radius 2 is 2.14 bits per heavy atom. The topological polar surface area (TPSA) is 59.4 Å². The molecule has 1 rings (SSSR count). The van der Waals surface area contributed by atoms with Crippen LogP contribution in [-0.2, 0) is 9.73 Å². The first-order valence-electron chi connectivity index (χ1n) is 3.71. The van der Waals surface area contributed by atoms with Gasteiger partial charge in [-0.05, 0) is 23.7 Å². The van der Waals surface area contributed by atoms with Crippen LogP contribution in [0.4, 0.5) is 5.82 Å². The Hall–Kier alpha value is -0.940. The lowest BCUT2D eigenvalue weighted by atomic mass is 10.3. The fourth-order valence-electron chi connectivity index (χ4n) is 0.782. The van der Waals surface area contributed by atoms with Crippen molar-refractivity contribution >= 4 is 32.4 Å². The van der Waals surface area contributed by atoms with Crippen LogP contribution in [0.5, 0.6) is 0 Å². The van der Waals surface area contributed by atoms with Gasteiger partial charge in [-0.15, -0.1) is 0 Å². The second-order valence-corrected chi connectivity index (χ2v) is 5.84. The summed E-state index contributed by atoms with van der Waals surface area (Å²) < 4.78 is 15.1. The summed E-state index contributed by atoms with van der Waals surface area (Å²) in [6, 6.07) is 2.99. The van der Waals surface area contributed by atoms with E-state index < -0.39 is 15.0 Å². The van der Waals surface area contributed by atoms with Gasteiger partial charge in [-0.1, -0.05) is 0 Å². The summed E-state index contributed by atoms with van der Waals surface area (Å²) in [6.45, 7) is 0. The van der Waals surface area contributed by atoms with Crippen LogP contribution in [0.15, 0.2) is 22.7 Å². The minimum atomic E-state index is -2.22. The van der Waals surface area contributed by atoms with Crippen molar-refractivity contribution in [3.8, 4) is 0 Å². The molecule has 0 aliphatic rings. The molecular weight excluding hydrogens is 224 g/mol. The van der Waals surface area contributed by atoms with E-state index in [4.69, 9.17) is 11.6 Å². The zero-order chi connectivity index (χ0) is 10.8. The number of carbonyl (C=O) groups excluding carboxylic acids is 1. The van der Waals surface area contributed by atoms with Crippen LogP contribution in [0.3, 0.4) is 0 Å². The number of hydrogen-bond acceptors (Lipinski definition) is 4. The summed E-state index contributed by atoms with van der Waals surface area (Å²) in [6.07, 6.45) is 4.32. The first kappa shape index (κ1) is 11.1. The molecule has 4 nitrogen and oxygen atoms in total. The molecule has 0 bridgehead atoms. The van der Waals surface area contributed by atoms with Crippen molar-refractivity contribution in [2.24, 2.45) is 4.36 Å². The lowest BCUT2D eigenvalue weighted by Crippen LogP contribution is -1.92. The second-order valence-electron chi connectivity index (χ2n) is 2.95. The van der Waals surface area contributed by atoms with E-state index in [1.54, 1.807) is 0 Å². The molecule has 1 aromatic heterocycles. The van der Waals surface area contributed by atoms with Crippen molar-refractivity contribution in [1.82, 2.24) is 4.98 Å². The second kappa shape index (κ2) is 4.06. The van der Waals surface area contributed by atoms with Gasteiger partial charge < -0.3 is 0 Å². The Morgan fingerprint density at radius 3 is 2.50 bits per heavy atom. The fourth-order valence-corrected chi connectivity index (χ4v) is 1.45. The Morgan fingerprint density at radius 1 is 1.50 bits per heavy atom. The third-order valence-corrected chi connectivity index (χ3v) is 2.13. The number of pyridine rings is 1. The Labute approximate surface area is 87.5 Å². The first-order valence-corrected chi connectivity index (χ1v) is 6.42. The first-order chi connectivity index (χ1) is 6.38. The summed E-state index contributed by atoms with van der Waals surface area (Å²) in [5, 5.41) is -0.571. The standard InChI is InChI=1S/C8H9ClN2O2S/c1-14(2,13)11-7-4-3-6(5-10-7)8(9)12/h3-5H,1-2H3. The molecule has 1 heterocycles. The predicted molar refractivity (Wildman–Crippen MR) is 56.5 cm³/mol. The highest BCUT2D eigenvalue weighted by molar-refractivity contribution is 7.92. The van der Waals surface area contributed by atoms with Crippen LogP contribution in [0.1, 0.15) is 10.4 Å². The van der Waals surface area contributed by atoms with Gasteiger partial charge in [-0.2, -0.15) is 4.36 Å². The van der Waals surface area contributed by atoms with Crippen molar-refractivity contribution in [3.05, 3.63) is 23.9 Å². The molecule has 0 radical (unpaired) electrons. The van der Waals surface area contributed by atoms with E-state index >= 15 is 0 Å². The molecule has 0 spiro atoms. The number of hydrogen-bond donors (Lipinski definition) is 0. The Balaban J connectivity index is 3.07. The monoisotopic (exact) mass is 232 g/mol. The third-order valence-electron chi connectivity index (χ3n) is 1.29. The fraction of sp³-hybridized carbons (Fsp3) is 0.250. The van der Waals surface area contributed by atoms with Crippen LogP contribution in [-0.4, -0.2) is 26.9 Å². The molecular formula is C8H9ClN2O2S. The highest BCUT2D eigenvalue weighted by Crippen LogP contribution is 2.11. The molecule has 0 aliphatic carbocycles. The van der Waals surface area contributed by atoms with Gasteiger partial charge in [0.2, 0.25) is 0 Å². The summed E-state index contributed by atoms with van der Waals surface area (Å²) in [4.78, 5) is 14.5. The molecule has 0 saturated carbocycles. The van der Waals surface area contributed by atoms with E-state index in [-0.39, 0.29) is 0 Å². The maximum Gasteiger partial charge on any atom is 0.253 e. The number of carbonyl (C=O) groups is 1. The van der Waals surface area contributed by atoms with Gasteiger partial charge in [0.05, 0.1) is 5.56 Å². The van der Waals surface area contributed by atoms with Crippen LogP contribution in [0.2, 0.25) is 0 Å². The Kier molecular flexibility index (Phi) is 3.23. The van der Waals surface area contributed by atoms with Crippen molar-refractivity contribution in [1.29, 1.82) is 0 Å². The molecule has 76 valence electrons. The van der Waals surface area contributed by atoms with Gasteiger partial charge >= 0.3 is 0 Å². The van der Waals surface area contributed by atoms with Crippen LogP contribution in [0.25, 0.3) is 0 Å². The van der Waals surface area contributed by atoms with E-state index in [2.05, 4.69) is 9.35 Å². The molecule has 0 saturated heterocycles. The number of halogens is 1. The smallest absolute Gasteiger partial charge is 0.253 e. The average Bonchev–Trinajstić information content (AvgIpc) is 2.02. The lowest BCUT2D eigenvalue weighted by molar-refractivity contribution is 0.108. The van der Waals surface area contributed by atoms with Crippen molar-refractivity contribution in [2.45, 2.75) is 0 Å². The molecule has 1 aromatic rings. The number of rotatable bonds is 2. The molecule has 0 atom stereocenters. The third kappa shape index (κ3) is 3.43. The van der Waals surface area contributed by atoms with Crippen molar-refractivity contribution in [2.75, 3.05) is 12.5 Å². The minimum absolute atomic E-state index is 0.296. The molecule has 0 fully saturated rings. The number of aromatic nitrogens is 1. The van der Waals surface area contributed by atoms with E-state index in [1.807, 2.05) is 0 Å². The van der Waals surface area contributed by atoms with E-state index in [0.717, 1.165) is 0 Å². The Bertz CT molecular complexity index is 453. The highest BCUT2D eigenvalue weighted by Gasteiger charge is 2.01. The maximum atomic E-state index is 11.3. The SMILES string of the molecule is CS(C)(=O)=Nc1ccc(C(=O)Cl)cn1. The van der Waals surface area contributed by atoms with Gasteiger partial charge in [-0.3, -0.25) is 4.79 Å². The van der Waals surface area contributed by atoms with E-state index in [1.165, 1.54) is 30.8 Å². The quantitative estimate of drug-likeness (QED) is 0.731. The van der Waals surface area contributed by atoms with Gasteiger partial charge in [0.15, 0.2) is 5.82 Å². The summed E-state index contributed by atoms with van der Waals surface area (Å²) in [5.74, 6) is 0.335. The normalized spacial score (nSPS) is 11.1. The molecule has 0 aliphatic heterocycles. The van der Waals surface area contributed by atoms with Crippen LogP contribution in [0, 0.1) is 0 Å². The number of nitrogens with zero attached hydrogens (tertiary/aromatic N) is 2. The molecule has 0 amide bonds. The van der Waals surface area contributed by atoms with Gasteiger partial charge in [0.25, 0.3) is 5.24 Å². The lowest BCUT2D eigenvalue weighted by Gasteiger charge is -1.96. The maximum absolute atomic E-state index is 11.3. The summed E-state index contributed by atoms with van der Waals surface area (Å²) >= 11 is 5.22. The van der Waals surface area contributed by atoms with E-state index in [9.17, 15) is 9.00 Å². The van der Waals surface area contributed by atoms with E-state index in [0.29, 0.717) is 11.4 Å².